The van der Waals surface area contributed by atoms with Crippen LogP contribution in [-0.4, -0.2) is 24.2 Å². The predicted molar refractivity (Wildman–Crippen MR) is 65.5 cm³/mol. The van der Waals surface area contributed by atoms with Crippen LogP contribution >= 0.6 is 0 Å². The third-order valence-corrected chi connectivity index (χ3v) is 3.07. The standard InChI is InChI=1S/C13H17NO4/c1-17-10-6-7-12(15)11(8-10)13(16)14-18-9-4-2-3-5-9/h6-9,15H,2-5H2,1H3,(H,14,16). The smallest absolute Gasteiger partial charge is 0.278 e. The maximum Gasteiger partial charge on any atom is 0.278 e. The SMILES string of the molecule is COc1ccc(O)c(C(=O)NOC2CCCC2)c1. The summed E-state index contributed by atoms with van der Waals surface area (Å²) in [5, 5.41) is 9.62. The highest BCUT2D eigenvalue weighted by Crippen LogP contribution is 2.23. The Morgan fingerprint density at radius 3 is 2.78 bits per heavy atom. The van der Waals surface area contributed by atoms with Gasteiger partial charge in [-0.05, 0) is 31.0 Å². The molecule has 0 heterocycles. The average Bonchev–Trinajstić information content (AvgIpc) is 2.89. The van der Waals surface area contributed by atoms with E-state index >= 15 is 0 Å². The molecule has 1 aromatic rings. The number of methoxy groups -OCH3 is 1. The lowest BCUT2D eigenvalue weighted by Gasteiger charge is -2.12. The van der Waals surface area contributed by atoms with Gasteiger partial charge >= 0.3 is 0 Å². The minimum Gasteiger partial charge on any atom is -0.507 e. The van der Waals surface area contributed by atoms with E-state index in [9.17, 15) is 9.90 Å². The molecule has 1 aromatic carbocycles. The number of aromatic hydroxyl groups is 1. The lowest BCUT2D eigenvalue weighted by atomic mass is 10.2. The van der Waals surface area contributed by atoms with Crippen molar-refractivity contribution in [1.29, 1.82) is 0 Å². The van der Waals surface area contributed by atoms with Crippen molar-refractivity contribution in [2.75, 3.05) is 7.11 Å². The lowest BCUT2D eigenvalue weighted by Crippen LogP contribution is -2.28. The van der Waals surface area contributed by atoms with Crippen LogP contribution in [0.2, 0.25) is 0 Å². The van der Waals surface area contributed by atoms with Crippen LogP contribution in [0.4, 0.5) is 0 Å². The van der Waals surface area contributed by atoms with Gasteiger partial charge in [-0.25, -0.2) is 5.48 Å². The number of phenols is 1. The summed E-state index contributed by atoms with van der Waals surface area (Å²) in [5.41, 5.74) is 2.52. The van der Waals surface area contributed by atoms with Crippen molar-refractivity contribution >= 4 is 5.91 Å². The molecular formula is C13H17NO4. The Balaban J connectivity index is 1.98. The fourth-order valence-electron chi connectivity index (χ4n) is 2.02. The second-order valence-electron chi connectivity index (χ2n) is 4.34. The van der Waals surface area contributed by atoms with Gasteiger partial charge in [-0.2, -0.15) is 0 Å². The molecule has 0 unspecified atom stereocenters. The maximum absolute atomic E-state index is 11.8. The highest BCUT2D eigenvalue weighted by atomic mass is 16.7. The highest BCUT2D eigenvalue weighted by molar-refractivity contribution is 5.96. The Bertz CT molecular complexity index is 427. The molecule has 0 atom stereocenters. The summed E-state index contributed by atoms with van der Waals surface area (Å²) in [6, 6.07) is 4.48. The molecule has 0 aliphatic heterocycles. The third kappa shape index (κ3) is 2.92. The summed E-state index contributed by atoms with van der Waals surface area (Å²) in [6.07, 6.45) is 4.27. The summed E-state index contributed by atoms with van der Waals surface area (Å²) in [5.74, 6) is -0.0413. The van der Waals surface area contributed by atoms with Crippen molar-refractivity contribution in [2.24, 2.45) is 0 Å². The van der Waals surface area contributed by atoms with E-state index in [0.717, 1.165) is 25.7 Å². The number of ether oxygens (including phenoxy) is 1. The van der Waals surface area contributed by atoms with Crippen LogP contribution in [0.25, 0.3) is 0 Å². The topological polar surface area (TPSA) is 67.8 Å². The number of phenolic OH excluding ortho intramolecular Hbond substituents is 1. The van der Waals surface area contributed by atoms with E-state index in [2.05, 4.69) is 5.48 Å². The van der Waals surface area contributed by atoms with Gasteiger partial charge in [0, 0.05) is 0 Å². The monoisotopic (exact) mass is 251 g/mol. The number of benzene rings is 1. The van der Waals surface area contributed by atoms with Gasteiger partial charge in [-0.1, -0.05) is 12.8 Å². The molecule has 98 valence electrons. The van der Waals surface area contributed by atoms with Gasteiger partial charge in [-0.15, -0.1) is 0 Å². The zero-order valence-electron chi connectivity index (χ0n) is 10.3. The van der Waals surface area contributed by atoms with Gasteiger partial charge in [0.05, 0.1) is 18.8 Å². The van der Waals surface area contributed by atoms with E-state index in [1.807, 2.05) is 0 Å². The number of carbonyl (C=O) groups excluding carboxylic acids is 1. The molecular weight excluding hydrogens is 234 g/mol. The molecule has 0 saturated heterocycles. The van der Waals surface area contributed by atoms with E-state index in [0.29, 0.717) is 5.75 Å². The quantitative estimate of drug-likeness (QED) is 0.803. The van der Waals surface area contributed by atoms with Crippen molar-refractivity contribution < 1.29 is 19.5 Å². The number of hydroxylamine groups is 1. The van der Waals surface area contributed by atoms with Gasteiger partial charge in [0.1, 0.15) is 11.5 Å². The Hall–Kier alpha value is -1.75. The van der Waals surface area contributed by atoms with E-state index < -0.39 is 5.91 Å². The van der Waals surface area contributed by atoms with Gasteiger partial charge < -0.3 is 9.84 Å². The molecule has 1 aliphatic carbocycles. The van der Waals surface area contributed by atoms with Crippen molar-refractivity contribution in [1.82, 2.24) is 5.48 Å². The number of amides is 1. The van der Waals surface area contributed by atoms with Crippen LogP contribution in [0.5, 0.6) is 11.5 Å². The molecule has 0 radical (unpaired) electrons. The number of rotatable bonds is 4. The fraction of sp³-hybridized carbons (Fsp3) is 0.462. The number of carbonyl (C=O) groups is 1. The first-order valence-electron chi connectivity index (χ1n) is 6.03. The molecule has 5 nitrogen and oxygen atoms in total. The molecule has 5 heteroatoms. The third-order valence-electron chi connectivity index (χ3n) is 3.07. The van der Waals surface area contributed by atoms with Crippen LogP contribution in [-0.2, 0) is 4.84 Å². The molecule has 0 bridgehead atoms. The Morgan fingerprint density at radius 1 is 1.39 bits per heavy atom. The summed E-state index contributed by atoms with van der Waals surface area (Å²) in [4.78, 5) is 17.1. The first kappa shape index (κ1) is 12.7. The minimum atomic E-state index is -0.460. The molecule has 0 aromatic heterocycles. The Kier molecular flexibility index (Phi) is 4.04. The lowest BCUT2D eigenvalue weighted by molar-refractivity contribution is -0.0126. The minimum absolute atomic E-state index is 0.0849. The molecule has 1 amide bonds. The number of nitrogens with one attached hydrogen (secondary N) is 1. The molecule has 2 rings (SSSR count). The molecule has 18 heavy (non-hydrogen) atoms. The van der Waals surface area contributed by atoms with Crippen molar-refractivity contribution in [3.05, 3.63) is 23.8 Å². The van der Waals surface area contributed by atoms with E-state index in [-0.39, 0.29) is 17.4 Å². The maximum atomic E-state index is 11.8. The van der Waals surface area contributed by atoms with Crippen LogP contribution in [0, 0.1) is 0 Å². The van der Waals surface area contributed by atoms with Gasteiger partial charge in [0.25, 0.3) is 5.91 Å². The second kappa shape index (κ2) is 5.73. The van der Waals surface area contributed by atoms with E-state index in [1.165, 1.54) is 19.2 Å². The number of hydrogen-bond acceptors (Lipinski definition) is 4. The van der Waals surface area contributed by atoms with E-state index in [4.69, 9.17) is 9.57 Å². The normalized spacial score (nSPS) is 15.6. The van der Waals surface area contributed by atoms with Crippen molar-refractivity contribution in [2.45, 2.75) is 31.8 Å². The van der Waals surface area contributed by atoms with Gasteiger partial charge in [-0.3, -0.25) is 9.63 Å². The predicted octanol–water partition coefficient (Wildman–Crippen LogP) is 2.00. The summed E-state index contributed by atoms with van der Waals surface area (Å²) >= 11 is 0. The zero-order chi connectivity index (χ0) is 13.0. The second-order valence-corrected chi connectivity index (χ2v) is 4.34. The zero-order valence-corrected chi connectivity index (χ0v) is 10.3. The van der Waals surface area contributed by atoms with Crippen LogP contribution in [0.1, 0.15) is 36.0 Å². The van der Waals surface area contributed by atoms with Crippen LogP contribution in [0.3, 0.4) is 0 Å². The number of hydrogen-bond donors (Lipinski definition) is 2. The van der Waals surface area contributed by atoms with Crippen LogP contribution in [0.15, 0.2) is 18.2 Å². The summed E-state index contributed by atoms with van der Waals surface area (Å²) in [6.45, 7) is 0. The Morgan fingerprint density at radius 2 is 2.11 bits per heavy atom. The molecule has 0 spiro atoms. The molecule has 1 fully saturated rings. The summed E-state index contributed by atoms with van der Waals surface area (Å²) in [7, 11) is 1.50. The van der Waals surface area contributed by atoms with Crippen LogP contribution < -0.4 is 10.2 Å². The first-order chi connectivity index (χ1) is 8.70. The average molecular weight is 251 g/mol. The fourth-order valence-corrected chi connectivity index (χ4v) is 2.02. The first-order valence-corrected chi connectivity index (χ1v) is 6.03. The van der Waals surface area contributed by atoms with Gasteiger partial charge in [0.2, 0.25) is 0 Å². The molecule has 2 N–H and O–H groups in total. The Labute approximate surface area is 106 Å². The molecule has 1 saturated carbocycles. The summed E-state index contributed by atoms with van der Waals surface area (Å²) < 4.78 is 5.01. The van der Waals surface area contributed by atoms with Crippen molar-refractivity contribution in [3.63, 3.8) is 0 Å². The highest BCUT2D eigenvalue weighted by Gasteiger charge is 2.18. The molecule has 1 aliphatic rings. The van der Waals surface area contributed by atoms with Gasteiger partial charge in [0.15, 0.2) is 0 Å². The van der Waals surface area contributed by atoms with E-state index in [1.54, 1.807) is 6.07 Å². The van der Waals surface area contributed by atoms with Crippen molar-refractivity contribution in [3.8, 4) is 11.5 Å². The largest absolute Gasteiger partial charge is 0.507 e.